The molecule has 0 aliphatic carbocycles. The van der Waals surface area contributed by atoms with Gasteiger partial charge in [0.25, 0.3) is 0 Å². The average Bonchev–Trinajstić information content (AvgIpc) is 2.35. The molecule has 3 heteroatoms. The first-order chi connectivity index (χ1) is 8.59. The van der Waals surface area contributed by atoms with Crippen LogP contribution in [0.5, 0.6) is 5.75 Å². The molecule has 1 aliphatic heterocycles. The molecule has 2 rings (SSSR count). The van der Waals surface area contributed by atoms with Gasteiger partial charge < -0.3 is 10.1 Å². The maximum absolute atomic E-state index is 5.25. The first-order valence-corrected chi connectivity index (χ1v) is 7.69. The van der Waals surface area contributed by atoms with Crippen molar-refractivity contribution >= 4 is 11.8 Å². The third-order valence-corrected chi connectivity index (χ3v) is 4.96. The zero-order valence-electron chi connectivity index (χ0n) is 11.5. The number of benzene rings is 1. The SMILES string of the molecule is COc1cccc(CNC2CSCC(C)(C)C2)c1. The summed E-state index contributed by atoms with van der Waals surface area (Å²) in [6, 6.07) is 8.92. The maximum atomic E-state index is 5.25. The summed E-state index contributed by atoms with van der Waals surface area (Å²) in [7, 11) is 1.72. The average molecular weight is 265 g/mol. The molecule has 1 heterocycles. The van der Waals surface area contributed by atoms with Crippen molar-refractivity contribution in [2.24, 2.45) is 5.41 Å². The number of rotatable bonds is 4. The van der Waals surface area contributed by atoms with E-state index < -0.39 is 0 Å². The zero-order valence-corrected chi connectivity index (χ0v) is 12.3. The second kappa shape index (κ2) is 5.98. The van der Waals surface area contributed by atoms with Gasteiger partial charge in [0.05, 0.1) is 7.11 Å². The van der Waals surface area contributed by atoms with Crippen molar-refractivity contribution in [1.29, 1.82) is 0 Å². The van der Waals surface area contributed by atoms with Gasteiger partial charge in [0.2, 0.25) is 0 Å². The van der Waals surface area contributed by atoms with E-state index >= 15 is 0 Å². The topological polar surface area (TPSA) is 21.3 Å². The largest absolute Gasteiger partial charge is 0.497 e. The lowest BCUT2D eigenvalue weighted by atomic mass is 9.88. The normalized spacial score (nSPS) is 22.7. The van der Waals surface area contributed by atoms with Crippen molar-refractivity contribution in [3.05, 3.63) is 29.8 Å². The lowest BCUT2D eigenvalue weighted by molar-refractivity contribution is 0.317. The molecule has 2 nitrogen and oxygen atoms in total. The number of nitrogens with one attached hydrogen (secondary N) is 1. The molecule has 0 radical (unpaired) electrons. The van der Waals surface area contributed by atoms with Crippen LogP contribution in [0.2, 0.25) is 0 Å². The fraction of sp³-hybridized carbons (Fsp3) is 0.600. The van der Waals surface area contributed by atoms with Crippen LogP contribution < -0.4 is 10.1 Å². The molecular weight excluding hydrogens is 242 g/mol. The molecule has 0 amide bonds. The molecule has 0 spiro atoms. The predicted molar refractivity (Wildman–Crippen MR) is 79.3 cm³/mol. The number of hydrogen-bond acceptors (Lipinski definition) is 3. The minimum Gasteiger partial charge on any atom is -0.497 e. The van der Waals surface area contributed by atoms with Gasteiger partial charge in [0.15, 0.2) is 0 Å². The van der Waals surface area contributed by atoms with Gasteiger partial charge in [-0.3, -0.25) is 0 Å². The van der Waals surface area contributed by atoms with Crippen LogP contribution in [0.4, 0.5) is 0 Å². The molecule has 1 aromatic rings. The third-order valence-electron chi connectivity index (χ3n) is 3.34. The number of ether oxygens (including phenoxy) is 1. The van der Waals surface area contributed by atoms with Gasteiger partial charge in [-0.15, -0.1) is 0 Å². The van der Waals surface area contributed by atoms with Crippen molar-refractivity contribution in [2.45, 2.75) is 32.9 Å². The van der Waals surface area contributed by atoms with E-state index in [0.29, 0.717) is 11.5 Å². The fourth-order valence-corrected chi connectivity index (χ4v) is 3.75. The van der Waals surface area contributed by atoms with Crippen molar-refractivity contribution in [1.82, 2.24) is 5.32 Å². The Labute approximate surface area is 114 Å². The molecule has 100 valence electrons. The minimum atomic E-state index is 0.467. The Balaban J connectivity index is 1.87. The monoisotopic (exact) mass is 265 g/mol. The van der Waals surface area contributed by atoms with Crippen molar-refractivity contribution in [3.63, 3.8) is 0 Å². The van der Waals surface area contributed by atoms with E-state index in [1.165, 1.54) is 23.5 Å². The molecule has 1 unspecified atom stereocenters. The van der Waals surface area contributed by atoms with Gasteiger partial charge >= 0.3 is 0 Å². The smallest absolute Gasteiger partial charge is 0.119 e. The number of hydrogen-bond donors (Lipinski definition) is 1. The zero-order chi connectivity index (χ0) is 13.0. The highest BCUT2D eigenvalue weighted by Gasteiger charge is 2.27. The minimum absolute atomic E-state index is 0.467. The van der Waals surface area contributed by atoms with Crippen LogP contribution in [0.15, 0.2) is 24.3 Å². The van der Waals surface area contributed by atoms with Crippen LogP contribution in [-0.4, -0.2) is 24.7 Å². The summed E-state index contributed by atoms with van der Waals surface area (Å²) in [6.07, 6.45) is 1.27. The first kappa shape index (κ1) is 13.8. The fourth-order valence-electron chi connectivity index (χ4n) is 2.44. The summed E-state index contributed by atoms with van der Waals surface area (Å²) in [4.78, 5) is 0. The van der Waals surface area contributed by atoms with Crippen molar-refractivity contribution in [3.8, 4) is 5.75 Å². The standard InChI is InChI=1S/C15H23NOS/c1-15(2)8-13(10-18-11-15)16-9-12-5-4-6-14(7-12)17-3/h4-7,13,16H,8-11H2,1-3H3. The molecule has 1 N–H and O–H groups in total. The van der Waals surface area contributed by atoms with E-state index in [1.54, 1.807) is 7.11 Å². The van der Waals surface area contributed by atoms with E-state index in [9.17, 15) is 0 Å². The predicted octanol–water partition coefficient (Wildman–Crippen LogP) is 3.32. The van der Waals surface area contributed by atoms with Crippen LogP contribution in [0.3, 0.4) is 0 Å². The number of methoxy groups -OCH3 is 1. The van der Waals surface area contributed by atoms with Crippen molar-refractivity contribution < 1.29 is 4.74 Å². The molecule has 0 bridgehead atoms. The van der Waals surface area contributed by atoms with Gasteiger partial charge in [-0.25, -0.2) is 0 Å². The van der Waals surface area contributed by atoms with Crippen LogP contribution in [0, 0.1) is 5.41 Å². The maximum Gasteiger partial charge on any atom is 0.119 e. The Hall–Kier alpha value is -0.670. The Bertz CT molecular complexity index is 392. The molecule has 1 atom stereocenters. The van der Waals surface area contributed by atoms with E-state index in [2.05, 4.69) is 49.1 Å². The lowest BCUT2D eigenvalue weighted by Crippen LogP contribution is -2.39. The molecule has 1 saturated heterocycles. The van der Waals surface area contributed by atoms with Gasteiger partial charge in [-0.1, -0.05) is 26.0 Å². The lowest BCUT2D eigenvalue weighted by Gasteiger charge is -2.35. The Morgan fingerprint density at radius 2 is 2.28 bits per heavy atom. The molecule has 18 heavy (non-hydrogen) atoms. The van der Waals surface area contributed by atoms with Gasteiger partial charge in [-0.2, -0.15) is 11.8 Å². The summed E-state index contributed by atoms with van der Waals surface area (Å²) < 4.78 is 5.25. The molecule has 0 aromatic heterocycles. The quantitative estimate of drug-likeness (QED) is 0.902. The summed E-state index contributed by atoms with van der Waals surface area (Å²) in [5.74, 6) is 3.45. The molecular formula is C15H23NOS. The van der Waals surface area contributed by atoms with E-state index in [-0.39, 0.29) is 0 Å². The number of thioether (sulfide) groups is 1. The molecule has 0 saturated carbocycles. The van der Waals surface area contributed by atoms with Crippen LogP contribution in [0.25, 0.3) is 0 Å². The summed E-state index contributed by atoms with van der Waals surface area (Å²) in [5, 5.41) is 3.67. The molecule has 1 fully saturated rings. The summed E-state index contributed by atoms with van der Waals surface area (Å²) in [5.41, 5.74) is 1.76. The van der Waals surface area contributed by atoms with E-state index in [1.807, 2.05) is 6.07 Å². The third kappa shape index (κ3) is 3.92. The van der Waals surface area contributed by atoms with E-state index in [0.717, 1.165) is 12.3 Å². The first-order valence-electron chi connectivity index (χ1n) is 6.53. The molecule has 1 aliphatic rings. The second-order valence-electron chi connectivity index (χ2n) is 5.81. The Morgan fingerprint density at radius 1 is 1.44 bits per heavy atom. The van der Waals surface area contributed by atoms with Gasteiger partial charge in [-0.05, 0) is 35.3 Å². The van der Waals surface area contributed by atoms with Gasteiger partial charge in [0, 0.05) is 18.3 Å². The van der Waals surface area contributed by atoms with Crippen molar-refractivity contribution in [2.75, 3.05) is 18.6 Å². The second-order valence-corrected chi connectivity index (χ2v) is 6.84. The van der Waals surface area contributed by atoms with E-state index in [4.69, 9.17) is 4.74 Å². The summed E-state index contributed by atoms with van der Waals surface area (Å²) >= 11 is 2.07. The Morgan fingerprint density at radius 3 is 3.00 bits per heavy atom. The molecule has 1 aromatic carbocycles. The highest BCUT2D eigenvalue weighted by Crippen LogP contribution is 2.33. The van der Waals surface area contributed by atoms with Crippen LogP contribution in [0.1, 0.15) is 25.8 Å². The summed E-state index contributed by atoms with van der Waals surface area (Å²) in [6.45, 7) is 5.65. The van der Waals surface area contributed by atoms with Crippen LogP contribution in [-0.2, 0) is 6.54 Å². The van der Waals surface area contributed by atoms with Gasteiger partial charge in [0.1, 0.15) is 5.75 Å². The van der Waals surface area contributed by atoms with Crippen LogP contribution >= 0.6 is 11.8 Å². The Kier molecular flexibility index (Phi) is 4.57. The highest BCUT2D eigenvalue weighted by molar-refractivity contribution is 7.99. The highest BCUT2D eigenvalue weighted by atomic mass is 32.2.